The smallest absolute Gasteiger partial charge is 0.192 e. The molecule has 1 aromatic heterocycles. The lowest BCUT2D eigenvalue weighted by molar-refractivity contribution is 0.191. The van der Waals surface area contributed by atoms with Crippen molar-refractivity contribution < 1.29 is 0 Å². The Hall–Kier alpha value is -2.41. The maximum Gasteiger partial charge on any atom is 0.192 e. The van der Waals surface area contributed by atoms with Crippen molar-refractivity contribution in [1.29, 1.82) is 0 Å². The summed E-state index contributed by atoms with van der Waals surface area (Å²) in [6, 6.07) is 10.6. The van der Waals surface area contributed by atoms with Crippen LogP contribution in [0.25, 0.3) is 0 Å². The van der Waals surface area contributed by atoms with E-state index >= 15 is 0 Å². The summed E-state index contributed by atoms with van der Waals surface area (Å²) in [4.78, 5) is 7.37. The molecule has 2 heterocycles. The number of likely N-dealkylation sites (tertiary alicyclic amines) is 1. The molecule has 1 aliphatic heterocycles. The maximum atomic E-state index is 4.79. The highest BCUT2D eigenvalue weighted by atomic mass is 15.3. The van der Waals surface area contributed by atoms with Crippen molar-refractivity contribution in [3.05, 3.63) is 47.5 Å². The van der Waals surface area contributed by atoms with Crippen LogP contribution in [0.1, 0.15) is 56.4 Å². The van der Waals surface area contributed by atoms with Gasteiger partial charge in [-0.3, -0.25) is 0 Å². The van der Waals surface area contributed by atoms with E-state index < -0.39 is 0 Å². The second-order valence-corrected chi connectivity index (χ2v) is 8.47. The summed E-state index contributed by atoms with van der Waals surface area (Å²) < 4.78 is 1.99. The number of nitrogens with one attached hydrogen (secondary N) is 2. The van der Waals surface area contributed by atoms with Crippen molar-refractivity contribution >= 4 is 5.96 Å². The van der Waals surface area contributed by atoms with E-state index in [0.29, 0.717) is 6.54 Å². The Morgan fingerprint density at radius 2 is 1.93 bits per heavy atom. The van der Waals surface area contributed by atoms with Gasteiger partial charge in [-0.2, -0.15) is 0 Å². The van der Waals surface area contributed by atoms with Crippen LogP contribution in [0.2, 0.25) is 0 Å². The van der Waals surface area contributed by atoms with Gasteiger partial charge in [-0.1, -0.05) is 37.3 Å². The van der Waals surface area contributed by atoms with Crippen LogP contribution in [-0.4, -0.2) is 51.8 Å². The number of guanidine groups is 1. The van der Waals surface area contributed by atoms with E-state index in [1.54, 1.807) is 0 Å². The number of aromatic nitrogens is 3. The molecule has 7 nitrogen and oxygen atoms in total. The van der Waals surface area contributed by atoms with Crippen LogP contribution in [0.5, 0.6) is 0 Å². The van der Waals surface area contributed by atoms with E-state index in [0.717, 1.165) is 43.0 Å². The van der Waals surface area contributed by atoms with Gasteiger partial charge >= 0.3 is 0 Å². The zero-order valence-corrected chi connectivity index (χ0v) is 18.9. The Balaban J connectivity index is 1.55. The third kappa shape index (κ3) is 6.55. The van der Waals surface area contributed by atoms with Crippen LogP contribution in [0.4, 0.5) is 0 Å². The van der Waals surface area contributed by atoms with Gasteiger partial charge in [-0.05, 0) is 64.2 Å². The monoisotopic (exact) mass is 411 g/mol. The molecule has 0 amide bonds. The van der Waals surface area contributed by atoms with Crippen molar-refractivity contribution in [3.8, 4) is 0 Å². The third-order valence-corrected chi connectivity index (χ3v) is 6.03. The topological polar surface area (TPSA) is 70.4 Å². The van der Waals surface area contributed by atoms with Crippen molar-refractivity contribution in [2.45, 2.75) is 52.6 Å². The number of nitrogens with zero attached hydrogens (tertiary/aromatic N) is 5. The van der Waals surface area contributed by atoms with Gasteiger partial charge in [0.15, 0.2) is 11.8 Å². The summed E-state index contributed by atoms with van der Waals surface area (Å²) in [5, 5.41) is 15.4. The molecule has 30 heavy (non-hydrogen) atoms. The zero-order valence-electron chi connectivity index (χ0n) is 18.9. The molecule has 0 bridgehead atoms. The summed E-state index contributed by atoms with van der Waals surface area (Å²) in [5.41, 5.74) is 1.24. The van der Waals surface area contributed by atoms with Crippen LogP contribution in [0, 0.1) is 12.8 Å². The SMILES string of the molecule is Cc1nnc(CN=C(NCCCN2CCC(C)CC2)NC(C)c2ccccc2)n1C. The van der Waals surface area contributed by atoms with Crippen LogP contribution in [0.15, 0.2) is 35.3 Å². The van der Waals surface area contributed by atoms with Crippen molar-refractivity contribution in [2.75, 3.05) is 26.2 Å². The number of aliphatic imine (C=N–C) groups is 1. The number of aryl methyl sites for hydroxylation is 1. The molecule has 0 saturated carbocycles. The van der Waals surface area contributed by atoms with E-state index in [2.05, 4.69) is 63.8 Å². The Labute approximate surface area is 181 Å². The fraction of sp³-hybridized carbons (Fsp3) is 0.609. The summed E-state index contributed by atoms with van der Waals surface area (Å²) >= 11 is 0. The maximum absolute atomic E-state index is 4.79. The highest BCUT2D eigenvalue weighted by Crippen LogP contribution is 2.15. The predicted octanol–water partition coefficient (Wildman–Crippen LogP) is 3.04. The average molecular weight is 412 g/mol. The number of hydrogen-bond acceptors (Lipinski definition) is 4. The quantitative estimate of drug-likeness (QED) is 0.397. The molecular formula is C23H37N7. The Morgan fingerprint density at radius 3 is 2.60 bits per heavy atom. The number of benzene rings is 1. The van der Waals surface area contributed by atoms with E-state index in [1.165, 1.54) is 31.5 Å². The van der Waals surface area contributed by atoms with Crippen molar-refractivity contribution in [2.24, 2.45) is 18.0 Å². The van der Waals surface area contributed by atoms with Gasteiger partial charge < -0.3 is 20.1 Å². The first-order valence-electron chi connectivity index (χ1n) is 11.2. The molecule has 0 spiro atoms. The first kappa shape index (κ1) is 22.3. The van der Waals surface area contributed by atoms with Gasteiger partial charge in [0, 0.05) is 13.6 Å². The molecule has 0 radical (unpaired) electrons. The highest BCUT2D eigenvalue weighted by Gasteiger charge is 2.15. The van der Waals surface area contributed by atoms with Crippen molar-refractivity contribution in [3.63, 3.8) is 0 Å². The van der Waals surface area contributed by atoms with Gasteiger partial charge in [-0.25, -0.2) is 4.99 Å². The largest absolute Gasteiger partial charge is 0.356 e. The molecule has 1 aromatic carbocycles. The first-order chi connectivity index (χ1) is 14.5. The molecule has 3 rings (SSSR count). The first-order valence-corrected chi connectivity index (χ1v) is 11.2. The third-order valence-electron chi connectivity index (χ3n) is 6.03. The molecule has 2 N–H and O–H groups in total. The van der Waals surface area contributed by atoms with Gasteiger partial charge in [-0.15, -0.1) is 10.2 Å². The summed E-state index contributed by atoms with van der Waals surface area (Å²) in [5.74, 6) is 3.46. The van der Waals surface area contributed by atoms with Crippen LogP contribution < -0.4 is 10.6 Å². The second-order valence-electron chi connectivity index (χ2n) is 8.47. The van der Waals surface area contributed by atoms with E-state index in [9.17, 15) is 0 Å². The molecule has 1 saturated heterocycles. The highest BCUT2D eigenvalue weighted by molar-refractivity contribution is 5.80. The standard InChI is InChI=1S/C23H37N7/c1-18-11-15-30(16-12-18)14-8-13-24-23(25-17-22-28-27-20(3)29(22)4)26-19(2)21-9-6-5-7-10-21/h5-7,9-10,18-19H,8,11-17H2,1-4H3,(H2,24,25,26). The lowest BCUT2D eigenvalue weighted by Gasteiger charge is -2.30. The number of hydrogen-bond donors (Lipinski definition) is 2. The average Bonchev–Trinajstić information content (AvgIpc) is 3.08. The van der Waals surface area contributed by atoms with Crippen LogP contribution >= 0.6 is 0 Å². The molecule has 0 aliphatic carbocycles. The second kappa shape index (κ2) is 11.1. The number of piperidine rings is 1. The predicted molar refractivity (Wildman–Crippen MR) is 122 cm³/mol. The van der Waals surface area contributed by atoms with E-state index in [4.69, 9.17) is 4.99 Å². The Kier molecular flexibility index (Phi) is 8.25. The normalized spacial score (nSPS) is 17.1. The van der Waals surface area contributed by atoms with Crippen LogP contribution in [-0.2, 0) is 13.6 Å². The van der Waals surface area contributed by atoms with Crippen molar-refractivity contribution in [1.82, 2.24) is 30.3 Å². The minimum Gasteiger partial charge on any atom is -0.356 e. The fourth-order valence-corrected chi connectivity index (χ4v) is 3.72. The molecule has 7 heteroatoms. The Morgan fingerprint density at radius 1 is 1.20 bits per heavy atom. The van der Waals surface area contributed by atoms with Gasteiger partial charge in [0.2, 0.25) is 0 Å². The molecule has 2 aromatic rings. The molecule has 1 fully saturated rings. The van der Waals surface area contributed by atoms with Gasteiger partial charge in [0.1, 0.15) is 12.4 Å². The zero-order chi connectivity index (χ0) is 21.3. The molecule has 164 valence electrons. The number of rotatable bonds is 8. The lowest BCUT2D eigenvalue weighted by atomic mass is 9.99. The minimum absolute atomic E-state index is 0.169. The fourth-order valence-electron chi connectivity index (χ4n) is 3.72. The molecule has 1 unspecified atom stereocenters. The summed E-state index contributed by atoms with van der Waals surface area (Å²) in [6.45, 7) is 11.5. The summed E-state index contributed by atoms with van der Waals surface area (Å²) in [6.07, 6.45) is 3.76. The molecule has 1 aliphatic rings. The van der Waals surface area contributed by atoms with E-state index in [1.807, 2.05) is 24.6 Å². The lowest BCUT2D eigenvalue weighted by Crippen LogP contribution is -2.41. The van der Waals surface area contributed by atoms with Crippen LogP contribution in [0.3, 0.4) is 0 Å². The Bertz CT molecular complexity index is 791. The molecular weight excluding hydrogens is 374 g/mol. The van der Waals surface area contributed by atoms with Gasteiger partial charge in [0.05, 0.1) is 6.04 Å². The summed E-state index contributed by atoms with van der Waals surface area (Å²) in [7, 11) is 1.98. The van der Waals surface area contributed by atoms with Gasteiger partial charge in [0.25, 0.3) is 0 Å². The minimum atomic E-state index is 0.169. The molecule has 1 atom stereocenters. The van der Waals surface area contributed by atoms with E-state index in [-0.39, 0.29) is 6.04 Å².